The predicted octanol–water partition coefficient (Wildman–Crippen LogP) is 4.27. The van der Waals surface area contributed by atoms with E-state index in [2.05, 4.69) is 15.5 Å². The van der Waals surface area contributed by atoms with Crippen LogP contribution >= 0.6 is 23.4 Å². The first-order valence-electron chi connectivity index (χ1n) is 6.76. The van der Waals surface area contributed by atoms with Crippen LogP contribution in [0, 0.1) is 0 Å². The molecule has 0 spiro atoms. The van der Waals surface area contributed by atoms with Crippen LogP contribution in [0.3, 0.4) is 0 Å². The molecule has 5 nitrogen and oxygen atoms in total. The Morgan fingerprint density at radius 2 is 1.96 bits per heavy atom. The second-order valence-electron chi connectivity index (χ2n) is 4.59. The zero-order valence-corrected chi connectivity index (χ0v) is 13.5. The van der Waals surface area contributed by atoms with E-state index in [0.29, 0.717) is 22.2 Å². The quantitative estimate of drug-likeness (QED) is 0.699. The molecule has 116 valence electrons. The van der Waals surface area contributed by atoms with Gasteiger partial charge in [-0.05, 0) is 36.4 Å². The summed E-state index contributed by atoms with van der Waals surface area (Å²) < 4.78 is 4.71. The molecule has 1 aromatic heterocycles. The van der Waals surface area contributed by atoms with E-state index >= 15 is 0 Å². The van der Waals surface area contributed by atoms with Crippen LogP contribution in [-0.4, -0.2) is 16.0 Å². The number of para-hydroxylation sites is 1. The zero-order valence-electron chi connectivity index (χ0n) is 11.9. The molecule has 3 rings (SSSR count). The number of amides is 1. The highest BCUT2D eigenvalue weighted by atomic mass is 35.5. The van der Waals surface area contributed by atoms with Crippen molar-refractivity contribution in [2.24, 2.45) is 0 Å². The van der Waals surface area contributed by atoms with Crippen molar-refractivity contribution < 1.29 is 9.32 Å². The van der Waals surface area contributed by atoms with E-state index in [4.69, 9.17) is 16.1 Å². The highest BCUT2D eigenvalue weighted by molar-refractivity contribution is 7.98. The van der Waals surface area contributed by atoms with Gasteiger partial charge in [0.2, 0.25) is 6.39 Å². The summed E-state index contributed by atoms with van der Waals surface area (Å²) in [6.45, 7) is 0. The minimum atomic E-state index is -0.186. The maximum Gasteiger partial charge on any atom is 0.255 e. The number of nitrogens with one attached hydrogen (secondary N) is 1. The van der Waals surface area contributed by atoms with Crippen molar-refractivity contribution in [3.05, 3.63) is 71.3 Å². The van der Waals surface area contributed by atoms with Crippen LogP contribution in [0.25, 0.3) is 0 Å². The van der Waals surface area contributed by atoms with Gasteiger partial charge in [0.25, 0.3) is 5.91 Å². The summed E-state index contributed by atoms with van der Waals surface area (Å²) in [5.41, 5.74) is 1.29. The molecule has 3 aromatic rings. The average Bonchev–Trinajstić information content (AvgIpc) is 3.08. The molecule has 0 bridgehead atoms. The number of carbonyl (C=O) groups excluding carboxylic acids is 1. The standard InChI is InChI=1S/C16H12ClN3O2S/c17-12-7-5-11(6-8-12)16(21)19-13-3-1-2-4-14(13)23-9-15-18-10-22-20-15/h1-8,10H,9H2,(H,19,21). The van der Waals surface area contributed by atoms with E-state index in [9.17, 15) is 4.79 Å². The predicted molar refractivity (Wildman–Crippen MR) is 89.7 cm³/mol. The topological polar surface area (TPSA) is 68.0 Å². The van der Waals surface area contributed by atoms with Crippen LogP contribution in [-0.2, 0) is 5.75 Å². The van der Waals surface area contributed by atoms with Crippen LogP contribution in [0.2, 0.25) is 5.02 Å². The number of hydrogen-bond acceptors (Lipinski definition) is 5. The lowest BCUT2D eigenvalue weighted by molar-refractivity contribution is 0.102. The van der Waals surface area contributed by atoms with Gasteiger partial charge in [-0.1, -0.05) is 28.9 Å². The van der Waals surface area contributed by atoms with Gasteiger partial charge in [-0.2, -0.15) is 4.98 Å². The normalized spacial score (nSPS) is 10.5. The minimum absolute atomic E-state index is 0.186. The Kier molecular flexibility index (Phi) is 4.95. The van der Waals surface area contributed by atoms with E-state index in [1.807, 2.05) is 24.3 Å². The van der Waals surface area contributed by atoms with Crippen molar-refractivity contribution in [3.63, 3.8) is 0 Å². The molecule has 1 N–H and O–H groups in total. The highest BCUT2D eigenvalue weighted by Crippen LogP contribution is 2.29. The Morgan fingerprint density at radius 3 is 2.70 bits per heavy atom. The fraction of sp³-hybridized carbons (Fsp3) is 0.0625. The summed E-state index contributed by atoms with van der Waals surface area (Å²) in [6, 6.07) is 14.3. The molecular weight excluding hydrogens is 334 g/mol. The zero-order chi connectivity index (χ0) is 16.1. The van der Waals surface area contributed by atoms with Crippen molar-refractivity contribution in [2.75, 3.05) is 5.32 Å². The van der Waals surface area contributed by atoms with Gasteiger partial charge in [-0.15, -0.1) is 11.8 Å². The molecule has 0 saturated heterocycles. The number of nitrogens with zero attached hydrogens (tertiary/aromatic N) is 2. The van der Waals surface area contributed by atoms with Crippen molar-refractivity contribution in [2.45, 2.75) is 10.6 Å². The molecular formula is C16H12ClN3O2S. The minimum Gasteiger partial charge on any atom is -0.343 e. The molecule has 0 atom stereocenters. The molecule has 7 heteroatoms. The van der Waals surface area contributed by atoms with Crippen LogP contribution in [0.5, 0.6) is 0 Å². The van der Waals surface area contributed by atoms with E-state index < -0.39 is 0 Å². The summed E-state index contributed by atoms with van der Waals surface area (Å²) >= 11 is 7.36. The first-order chi connectivity index (χ1) is 11.2. The smallest absolute Gasteiger partial charge is 0.255 e. The Balaban J connectivity index is 1.72. The maximum absolute atomic E-state index is 12.3. The summed E-state index contributed by atoms with van der Waals surface area (Å²) in [5, 5.41) is 7.28. The van der Waals surface area contributed by atoms with Gasteiger partial charge < -0.3 is 9.84 Å². The van der Waals surface area contributed by atoms with Gasteiger partial charge in [0.15, 0.2) is 5.82 Å². The molecule has 2 aromatic carbocycles. The number of halogens is 1. The summed E-state index contributed by atoms with van der Waals surface area (Å²) in [6.07, 6.45) is 1.30. The number of benzene rings is 2. The molecule has 0 saturated carbocycles. The molecule has 0 fully saturated rings. The lowest BCUT2D eigenvalue weighted by Gasteiger charge is -2.10. The first kappa shape index (κ1) is 15.6. The van der Waals surface area contributed by atoms with Crippen molar-refractivity contribution in [1.29, 1.82) is 0 Å². The molecule has 1 amide bonds. The Bertz CT molecular complexity index is 791. The average molecular weight is 346 g/mol. The van der Waals surface area contributed by atoms with Crippen molar-refractivity contribution in [3.8, 4) is 0 Å². The monoisotopic (exact) mass is 345 g/mol. The lowest BCUT2D eigenvalue weighted by atomic mass is 10.2. The van der Waals surface area contributed by atoms with Crippen LogP contribution < -0.4 is 5.32 Å². The Hall–Kier alpha value is -2.31. The van der Waals surface area contributed by atoms with Crippen LogP contribution in [0.1, 0.15) is 16.2 Å². The number of anilines is 1. The second kappa shape index (κ2) is 7.30. The third-order valence-electron chi connectivity index (χ3n) is 3.01. The number of aromatic nitrogens is 2. The largest absolute Gasteiger partial charge is 0.343 e. The summed E-state index contributed by atoms with van der Waals surface area (Å²) in [5.74, 6) is 0.979. The first-order valence-corrected chi connectivity index (χ1v) is 8.13. The van der Waals surface area contributed by atoms with Gasteiger partial charge >= 0.3 is 0 Å². The molecule has 0 aliphatic heterocycles. The van der Waals surface area contributed by atoms with Crippen LogP contribution in [0.4, 0.5) is 5.69 Å². The second-order valence-corrected chi connectivity index (χ2v) is 6.05. The SMILES string of the molecule is O=C(Nc1ccccc1SCc1ncon1)c1ccc(Cl)cc1. The third kappa shape index (κ3) is 4.12. The molecule has 0 aliphatic rings. The molecule has 0 aliphatic carbocycles. The van der Waals surface area contributed by atoms with Crippen molar-refractivity contribution in [1.82, 2.24) is 10.1 Å². The Labute approximate surface area is 142 Å². The molecule has 23 heavy (non-hydrogen) atoms. The fourth-order valence-corrected chi connectivity index (χ4v) is 2.88. The van der Waals surface area contributed by atoms with Gasteiger partial charge in [0, 0.05) is 15.5 Å². The van der Waals surface area contributed by atoms with E-state index in [1.54, 1.807) is 24.3 Å². The molecule has 1 heterocycles. The van der Waals surface area contributed by atoms with Gasteiger partial charge in [-0.25, -0.2) is 0 Å². The number of rotatable bonds is 5. The van der Waals surface area contributed by atoms with Gasteiger partial charge in [-0.3, -0.25) is 4.79 Å². The third-order valence-corrected chi connectivity index (χ3v) is 4.33. The van der Waals surface area contributed by atoms with Gasteiger partial charge in [0.1, 0.15) is 0 Å². The Morgan fingerprint density at radius 1 is 1.17 bits per heavy atom. The highest BCUT2D eigenvalue weighted by Gasteiger charge is 2.10. The van der Waals surface area contributed by atoms with Crippen LogP contribution in [0.15, 0.2) is 64.3 Å². The maximum atomic E-state index is 12.3. The summed E-state index contributed by atoms with van der Waals surface area (Å²) in [7, 11) is 0. The summed E-state index contributed by atoms with van der Waals surface area (Å²) in [4.78, 5) is 17.2. The molecule has 0 unspecified atom stereocenters. The lowest BCUT2D eigenvalue weighted by Crippen LogP contribution is -2.12. The number of thioether (sulfide) groups is 1. The van der Waals surface area contributed by atoms with Crippen molar-refractivity contribution >= 4 is 35.0 Å². The number of hydrogen-bond donors (Lipinski definition) is 1. The van der Waals surface area contributed by atoms with E-state index in [-0.39, 0.29) is 5.91 Å². The fourth-order valence-electron chi connectivity index (χ4n) is 1.89. The number of carbonyl (C=O) groups is 1. The van der Waals surface area contributed by atoms with E-state index in [1.165, 1.54) is 18.2 Å². The van der Waals surface area contributed by atoms with E-state index in [0.717, 1.165) is 10.6 Å². The van der Waals surface area contributed by atoms with Gasteiger partial charge in [0.05, 0.1) is 11.4 Å². The molecule has 0 radical (unpaired) electrons.